The predicted octanol–water partition coefficient (Wildman–Crippen LogP) is 2.52. The zero-order chi connectivity index (χ0) is 22.4. The summed E-state index contributed by atoms with van der Waals surface area (Å²) in [6, 6.07) is 17.6. The van der Waals surface area contributed by atoms with E-state index in [2.05, 4.69) is 24.1 Å². The third-order valence-electron chi connectivity index (χ3n) is 5.50. The van der Waals surface area contributed by atoms with Crippen molar-refractivity contribution in [2.45, 2.75) is 29.7 Å². The molecule has 1 saturated heterocycles. The highest BCUT2D eigenvalue weighted by Crippen LogP contribution is 2.33. The van der Waals surface area contributed by atoms with E-state index in [4.69, 9.17) is 4.55 Å². The number of likely N-dealkylation sites (tertiary alicyclic amines) is 1. The van der Waals surface area contributed by atoms with Crippen molar-refractivity contribution < 1.29 is 21.4 Å². The standard InChI is InChI=1S/C15H24N2O2S.C6H6O3S/c1-16-11-9-15(10-12-16,17(2)20(3,18)19)13-14-7-5-4-6-8-14;7-10(8,9)6-4-2-1-3-5-6/h4-8H,9-13H2,1-3H3;1-5H,(H,7,8,9). The fraction of sp³-hybridized carbons (Fsp3) is 0.429. The fourth-order valence-electron chi connectivity index (χ4n) is 3.56. The summed E-state index contributed by atoms with van der Waals surface area (Å²) in [7, 11) is -3.37. The van der Waals surface area contributed by atoms with Gasteiger partial charge in [0, 0.05) is 12.6 Å². The van der Waals surface area contributed by atoms with Crippen LogP contribution in [-0.4, -0.2) is 69.6 Å². The molecular formula is C21H30N2O5S2. The molecule has 0 atom stereocenters. The van der Waals surface area contributed by atoms with Gasteiger partial charge in [0.2, 0.25) is 10.0 Å². The number of hydrogen-bond acceptors (Lipinski definition) is 5. The Bertz CT molecular complexity index is 1000. The van der Waals surface area contributed by atoms with E-state index in [0.717, 1.165) is 32.4 Å². The first-order chi connectivity index (χ1) is 13.9. The van der Waals surface area contributed by atoms with Gasteiger partial charge in [-0.3, -0.25) is 4.55 Å². The first-order valence-corrected chi connectivity index (χ1v) is 12.9. The fourth-order valence-corrected chi connectivity index (χ4v) is 5.01. The predicted molar refractivity (Wildman–Crippen MR) is 118 cm³/mol. The van der Waals surface area contributed by atoms with Gasteiger partial charge in [0.15, 0.2) is 0 Å². The molecule has 1 aliphatic heterocycles. The Morgan fingerprint density at radius 1 is 0.933 bits per heavy atom. The summed E-state index contributed by atoms with van der Waals surface area (Å²) in [4.78, 5) is 2.19. The summed E-state index contributed by atoms with van der Waals surface area (Å²) in [5.41, 5.74) is 0.911. The molecule has 2 aromatic rings. The van der Waals surface area contributed by atoms with E-state index < -0.39 is 20.1 Å². The Kier molecular flexibility index (Phi) is 8.18. The number of nitrogens with zero attached hydrogens (tertiary/aromatic N) is 2. The average Bonchev–Trinajstić information content (AvgIpc) is 2.70. The second-order valence-corrected chi connectivity index (χ2v) is 11.1. The molecule has 0 amide bonds. The number of rotatable bonds is 5. The number of hydrogen-bond donors (Lipinski definition) is 1. The van der Waals surface area contributed by atoms with E-state index in [9.17, 15) is 16.8 Å². The third kappa shape index (κ3) is 6.88. The lowest BCUT2D eigenvalue weighted by Crippen LogP contribution is -2.56. The Labute approximate surface area is 180 Å². The maximum absolute atomic E-state index is 12.0. The van der Waals surface area contributed by atoms with Crippen LogP contribution in [0.1, 0.15) is 18.4 Å². The average molecular weight is 455 g/mol. The largest absolute Gasteiger partial charge is 0.306 e. The monoisotopic (exact) mass is 454 g/mol. The molecule has 0 radical (unpaired) electrons. The second kappa shape index (κ2) is 10.0. The smallest absolute Gasteiger partial charge is 0.294 e. The van der Waals surface area contributed by atoms with Gasteiger partial charge in [-0.05, 0) is 57.1 Å². The van der Waals surface area contributed by atoms with E-state index in [0.29, 0.717) is 0 Å². The van der Waals surface area contributed by atoms with Crippen LogP contribution in [0.2, 0.25) is 0 Å². The molecule has 1 N–H and O–H groups in total. The number of piperidine rings is 1. The van der Waals surface area contributed by atoms with Crippen molar-refractivity contribution in [1.29, 1.82) is 0 Å². The number of benzene rings is 2. The van der Waals surface area contributed by atoms with Crippen molar-refractivity contribution in [3.8, 4) is 0 Å². The van der Waals surface area contributed by atoms with E-state index >= 15 is 0 Å². The van der Waals surface area contributed by atoms with E-state index in [1.54, 1.807) is 29.6 Å². The van der Waals surface area contributed by atoms with Crippen molar-refractivity contribution in [3.63, 3.8) is 0 Å². The molecule has 1 fully saturated rings. The van der Waals surface area contributed by atoms with Gasteiger partial charge < -0.3 is 4.90 Å². The lowest BCUT2D eigenvalue weighted by atomic mass is 9.82. The SMILES string of the molecule is CN1CCC(Cc2ccccc2)(N(C)S(C)(=O)=O)CC1.O=S(=O)(O)c1ccccc1. The van der Waals surface area contributed by atoms with Crippen LogP contribution < -0.4 is 0 Å². The van der Waals surface area contributed by atoms with Crippen LogP contribution in [0.3, 0.4) is 0 Å². The summed E-state index contributed by atoms with van der Waals surface area (Å²) < 4.78 is 54.9. The van der Waals surface area contributed by atoms with Crippen LogP contribution in [0.5, 0.6) is 0 Å². The van der Waals surface area contributed by atoms with E-state index in [-0.39, 0.29) is 10.4 Å². The molecule has 0 aliphatic carbocycles. The van der Waals surface area contributed by atoms with Crippen LogP contribution in [-0.2, 0) is 26.6 Å². The number of likely N-dealkylation sites (N-methyl/N-ethyl adjacent to an activating group) is 1. The molecule has 2 aromatic carbocycles. The van der Waals surface area contributed by atoms with Crippen LogP contribution in [0, 0.1) is 0 Å². The molecule has 9 heteroatoms. The maximum Gasteiger partial charge on any atom is 0.294 e. The van der Waals surface area contributed by atoms with Crippen molar-refractivity contribution in [1.82, 2.24) is 9.21 Å². The second-order valence-electron chi connectivity index (χ2n) is 7.71. The van der Waals surface area contributed by atoms with Crippen molar-refractivity contribution in [2.24, 2.45) is 0 Å². The molecule has 0 saturated carbocycles. The Balaban J connectivity index is 0.000000269. The quantitative estimate of drug-likeness (QED) is 0.698. The van der Waals surface area contributed by atoms with Crippen LogP contribution in [0.4, 0.5) is 0 Å². The molecule has 0 unspecified atom stereocenters. The lowest BCUT2D eigenvalue weighted by molar-refractivity contribution is 0.104. The van der Waals surface area contributed by atoms with Crippen molar-refractivity contribution in [3.05, 3.63) is 66.2 Å². The minimum atomic E-state index is -4.00. The molecule has 1 heterocycles. The van der Waals surface area contributed by atoms with E-state index in [1.807, 2.05) is 18.2 Å². The Hall–Kier alpha value is -1.78. The van der Waals surface area contributed by atoms with Gasteiger partial charge in [0.1, 0.15) is 0 Å². The highest BCUT2D eigenvalue weighted by molar-refractivity contribution is 7.88. The first kappa shape index (κ1) is 24.5. The number of sulfonamides is 1. The van der Waals surface area contributed by atoms with Gasteiger partial charge in [-0.1, -0.05) is 48.5 Å². The molecule has 30 heavy (non-hydrogen) atoms. The van der Waals surface area contributed by atoms with Crippen LogP contribution >= 0.6 is 0 Å². The zero-order valence-electron chi connectivity index (χ0n) is 17.6. The summed E-state index contributed by atoms with van der Waals surface area (Å²) in [6.45, 7) is 1.87. The summed E-state index contributed by atoms with van der Waals surface area (Å²) in [5, 5.41) is 0. The summed E-state index contributed by atoms with van der Waals surface area (Å²) >= 11 is 0. The molecule has 0 aromatic heterocycles. The van der Waals surface area contributed by atoms with Gasteiger partial charge >= 0.3 is 0 Å². The van der Waals surface area contributed by atoms with Crippen LogP contribution in [0.25, 0.3) is 0 Å². The molecule has 0 spiro atoms. The maximum atomic E-state index is 12.0. The summed E-state index contributed by atoms with van der Waals surface area (Å²) in [6.07, 6.45) is 3.84. The van der Waals surface area contributed by atoms with Gasteiger partial charge in [0.25, 0.3) is 10.1 Å². The molecule has 0 bridgehead atoms. The molecule has 7 nitrogen and oxygen atoms in total. The van der Waals surface area contributed by atoms with Crippen molar-refractivity contribution >= 4 is 20.1 Å². The first-order valence-electron chi connectivity index (χ1n) is 9.63. The topological polar surface area (TPSA) is 95.0 Å². The lowest BCUT2D eigenvalue weighted by Gasteiger charge is -2.45. The molecular weight excluding hydrogens is 424 g/mol. The van der Waals surface area contributed by atoms with E-state index in [1.165, 1.54) is 24.0 Å². The van der Waals surface area contributed by atoms with Gasteiger partial charge in [-0.15, -0.1) is 0 Å². The minimum Gasteiger partial charge on any atom is -0.306 e. The summed E-state index contributed by atoms with van der Waals surface area (Å²) in [5.74, 6) is 0. The highest BCUT2D eigenvalue weighted by atomic mass is 32.2. The normalized spacial score (nSPS) is 17.2. The Morgan fingerprint density at radius 3 is 1.80 bits per heavy atom. The minimum absolute atomic E-state index is 0.0741. The van der Waals surface area contributed by atoms with Crippen LogP contribution in [0.15, 0.2) is 65.6 Å². The van der Waals surface area contributed by atoms with Gasteiger partial charge in [-0.25, -0.2) is 8.42 Å². The Morgan fingerprint density at radius 2 is 1.40 bits per heavy atom. The van der Waals surface area contributed by atoms with Gasteiger partial charge in [-0.2, -0.15) is 12.7 Å². The van der Waals surface area contributed by atoms with Crippen molar-refractivity contribution in [2.75, 3.05) is 33.4 Å². The molecule has 1 aliphatic rings. The highest BCUT2D eigenvalue weighted by Gasteiger charge is 2.41. The third-order valence-corrected chi connectivity index (χ3v) is 7.75. The molecule has 166 valence electrons. The van der Waals surface area contributed by atoms with Gasteiger partial charge in [0.05, 0.1) is 11.2 Å². The zero-order valence-corrected chi connectivity index (χ0v) is 19.2. The molecule has 3 rings (SSSR count).